The molecule has 0 aliphatic heterocycles. The number of halogens is 3. The van der Waals surface area contributed by atoms with Crippen LogP contribution in [-0.4, -0.2) is 39.2 Å². The molecule has 0 fully saturated rings. The van der Waals surface area contributed by atoms with Crippen LogP contribution in [0, 0.1) is 18.6 Å². The van der Waals surface area contributed by atoms with Crippen LogP contribution in [-0.2, 0) is 19.5 Å². The van der Waals surface area contributed by atoms with Crippen LogP contribution in [0.5, 0.6) is 0 Å². The van der Waals surface area contributed by atoms with Gasteiger partial charge in [-0.25, -0.2) is 13.6 Å². The van der Waals surface area contributed by atoms with E-state index in [1.165, 1.54) is 10.6 Å². The van der Waals surface area contributed by atoms with Gasteiger partial charge in [-0.15, -0.1) is 0 Å². The lowest BCUT2D eigenvalue weighted by Gasteiger charge is -2.19. The number of hydrogen-bond acceptors (Lipinski definition) is 4. The number of likely N-dealkylation sites (N-methyl/N-ethyl adjacent to an activating group) is 1. The van der Waals surface area contributed by atoms with Crippen LogP contribution in [0.15, 0.2) is 56.7 Å². The molecule has 2 heterocycles. The second kappa shape index (κ2) is 10.1. The Morgan fingerprint density at radius 2 is 1.74 bits per heavy atom. The van der Waals surface area contributed by atoms with Crippen LogP contribution in [0.4, 0.5) is 8.78 Å². The Morgan fingerprint density at radius 1 is 1.03 bits per heavy atom. The van der Waals surface area contributed by atoms with Crippen molar-refractivity contribution >= 4 is 15.9 Å². The van der Waals surface area contributed by atoms with Crippen molar-refractivity contribution in [2.24, 2.45) is 0 Å². The second-order valence-corrected chi connectivity index (χ2v) is 8.09. The maximum atomic E-state index is 14.1. The van der Waals surface area contributed by atoms with Crippen molar-refractivity contribution in [2.45, 2.75) is 26.4 Å². The standard InChI is InChI=1S/C22H23BrF2N4O2/c1-15-20(23)21(30)28(13-12-27(2)11-9-16-6-3-4-10-26-16)22(31)29(15)14-17-18(24)7-5-8-19(17)25/h3-8,10H,9,11-14H2,1-2H3. The average Bonchev–Trinajstić information content (AvgIpc) is 2.76. The van der Waals surface area contributed by atoms with E-state index in [0.29, 0.717) is 18.8 Å². The van der Waals surface area contributed by atoms with Gasteiger partial charge in [0.05, 0.1) is 6.54 Å². The fraction of sp³-hybridized carbons (Fsp3) is 0.318. The van der Waals surface area contributed by atoms with Crippen LogP contribution < -0.4 is 11.2 Å². The zero-order valence-corrected chi connectivity index (χ0v) is 18.9. The highest BCUT2D eigenvalue weighted by atomic mass is 79.9. The van der Waals surface area contributed by atoms with E-state index >= 15 is 0 Å². The Kier molecular flexibility index (Phi) is 7.50. The molecule has 0 aliphatic carbocycles. The first kappa shape index (κ1) is 23.0. The molecule has 3 aromatic rings. The summed E-state index contributed by atoms with van der Waals surface area (Å²) in [6, 6.07) is 9.26. The van der Waals surface area contributed by atoms with Crippen molar-refractivity contribution in [3.8, 4) is 0 Å². The van der Waals surface area contributed by atoms with Gasteiger partial charge >= 0.3 is 5.69 Å². The zero-order chi connectivity index (χ0) is 22.5. The third kappa shape index (κ3) is 5.34. The first-order chi connectivity index (χ1) is 14.8. The van der Waals surface area contributed by atoms with Crippen LogP contribution in [0.25, 0.3) is 0 Å². The van der Waals surface area contributed by atoms with E-state index in [2.05, 4.69) is 20.9 Å². The molecule has 0 spiro atoms. The van der Waals surface area contributed by atoms with E-state index < -0.39 is 22.9 Å². The van der Waals surface area contributed by atoms with E-state index in [1.54, 1.807) is 13.1 Å². The first-order valence-electron chi connectivity index (χ1n) is 9.80. The molecule has 0 aliphatic rings. The van der Waals surface area contributed by atoms with Gasteiger partial charge in [0.2, 0.25) is 0 Å². The molecule has 0 radical (unpaired) electrons. The van der Waals surface area contributed by atoms with E-state index in [-0.39, 0.29) is 23.1 Å². The first-order valence-corrected chi connectivity index (χ1v) is 10.6. The van der Waals surface area contributed by atoms with Crippen molar-refractivity contribution in [3.63, 3.8) is 0 Å². The third-order valence-electron chi connectivity index (χ3n) is 5.18. The number of benzene rings is 1. The molecular weight excluding hydrogens is 470 g/mol. The van der Waals surface area contributed by atoms with Gasteiger partial charge in [-0.3, -0.25) is 18.9 Å². The third-order valence-corrected chi connectivity index (χ3v) is 6.09. The summed E-state index contributed by atoms with van der Waals surface area (Å²) in [6.45, 7) is 2.56. The summed E-state index contributed by atoms with van der Waals surface area (Å²) in [7, 11) is 1.89. The van der Waals surface area contributed by atoms with Crippen molar-refractivity contribution < 1.29 is 8.78 Å². The molecule has 0 saturated heterocycles. The minimum absolute atomic E-state index is 0.148. The summed E-state index contributed by atoms with van der Waals surface area (Å²) in [4.78, 5) is 32.0. The number of aromatic nitrogens is 3. The quantitative estimate of drug-likeness (QED) is 0.485. The smallest absolute Gasteiger partial charge is 0.304 e. The minimum Gasteiger partial charge on any atom is -0.304 e. The molecule has 0 unspecified atom stereocenters. The Bertz CT molecular complexity index is 1160. The molecule has 0 atom stereocenters. The number of nitrogens with zero attached hydrogens (tertiary/aromatic N) is 4. The van der Waals surface area contributed by atoms with Crippen molar-refractivity contribution in [3.05, 3.63) is 96.5 Å². The summed E-state index contributed by atoms with van der Waals surface area (Å²) >= 11 is 3.23. The van der Waals surface area contributed by atoms with Gasteiger partial charge in [-0.2, -0.15) is 0 Å². The summed E-state index contributed by atoms with van der Waals surface area (Å²) in [5.41, 5.74) is -0.0223. The molecule has 1 aromatic carbocycles. The van der Waals surface area contributed by atoms with Gasteiger partial charge in [0.25, 0.3) is 5.56 Å². The summed E-state index contributed by atoms with van der Waals surface area (Å²) in [5.74, 6) is -1.48. The summed E-state index contributed by atoms with van der Waals surface area (Å²) in [6.07, 6.45) is 2.47. The maximum absolute atomic E-state index is 14.1. The highest BCUT2D eigenvalue weighted by molar-refractivity contribution is 9.10. The lowest BCUT2D eigenvalue weighted by molar-refractivity contribution is 0.314. The normalized spacial score (nSPS) is 11.3. The van der Waals surface area contributed by atoms with Crippen LogP contribution in [0.2, 0.25) is 0 Å². The molecular formula is C22H23BrF2N4O2. The molecule has 6 nitrogen and oxygen atoms in total. The van der Waals surface area contributed by atoms with Crippen molar-refractivity contribution in [1.29, 1.82) is 0 Å². The topological polar surface area (TPSA) is 60.1 Å². The highest BCUT2D eigenvalue weighted by Crippen LogP contribution is 2.16. The molecule has 0 amide bonds. The number of rotatable bonds is 8. The molecule has 0 saturated carbocycles. The number of hydrogen-bond donors (Lipinski definition) is 0. The summed E-state index contributed by atoms with van der Waals surface area (Å²) < 4.78 is 30.7. The van der Waals surface area contributed by atoms with Gasteiger partial charge in [0.1, 0.15) is 16.1 Å². The van der Waals surface area contributed by atoms with E-state index in [4.69, 9.17) is 0 Å². The van der Waals surface area contributed by atoms with Gasteiger partial charge in [-0.1, -0.05) is 12.1 Å². The molecule has 3 rings (SSSR count). The van der Waals surface area contributed by atoms with Gasteiger partial charge in [-0.05, 0) is 54.2 Å². The maximum Gasteiger partial charge on any atom is 0.331 e. The summed E-state index contributed by atoms with van der Waals surface area (Å²) in [5, 5.41) is 0. The van der Waals surface area contributed by atoms with Crippen molar-refractivity contribution in [1.82, 2.24) is 19.0 Å². The Balaban J connectivity index is 1.81. The predicted molar refractivity (Wildman–Crippen MR) is 118 cm³/mol. The SMILES string of the molecule is Cc1c(Br)c(=O)n(CCN(C)CCc2ccccn2)c(=O)n1Cc1c(F)cccc1F. The lowest BCUT2D eigenvalue weighted by Crippen LogP contribution is -2.44. The fourth-order valence-electron chi connectivity index (χ4n) is 3.23. The van der Waals surface area contributed by atoms with Crippen molar-refractivity contribution in [2.75, 3.05) is 20.1 Å². The monoisotopic (exact) mass is 492 g/mol. The zero-order valence-electron chi connectivity index (χ0n) is 17.3. The van der Waals surface area contributed by atoms with E-state index in [0.717, 1.165) is 28.8 Å². The fourth-order valence-corrected chi connectivity index (χ4v) is 3.65. The largest absolute Gasteiger partial charge is 0.331 e. The van der Waals surface area contributed by atoms with Crippen LogP contribution in [0.1, 0.15) is 17.0 Å². The molecule has 164 valence electrons. The van der Waals surface area contributed by atoms with Crippen LogP contribution >= 0.6 is 15.9 Å². The highest BCUT2D eigenvalue weighted by Gasteiger charge is 2.18. The van der Waals surface area contributed by atoms with Crippen LogP contribution in [0.3, 0.4) is 0 Å². The molecule has 0 bridgehead atoms. The molecule has 2 aromatic heterocycles. The Hall–Kier alpha value is -2.65. The lowest BCUT2D eigenvalue weighted by atomic mass is 10.2. The minimum atomic E-state index is -0.741. The van der Waals surface area contributed by atoms with E-state index in [9.17, 15) is 18.4 Å². The Labute approximate surface area is 186 Å². The van der Waals surface area contributed by atoms with Gasteiger partial charge in [0, 0.05) is 49.2 Å². The predicted octanol–water partition coefficient (Wildman–Crippen LogP) is 2.98. The number of pyridine rings is 1. The molecule has 9 heteroatoms. The van der Waals surface area contributed by atoms with Gasteiger partial charge in [0.15, 0.2) is 0 Å². The van der Waals surface area contributed by atoms with Gasteiger partial charge < -0.3 is 4.90 Å². The van der Waals surface area contributed by atoms with E-state index in [1.807, 2.05) is 30.1 Å². The molecule has 0 N–H and O–H groups in total. The average molecular weight is 493 g/mol. The molecule has 31 heavy (non-hydrogen) atoms. The Morgan fingerprint density at radius 3 is 2.39 bits per heavy atom. The second-order valence-electron chi connectivity index (χ2n) is 7.30.